The maximum atomic E-state index is 13.0. The summed E-state index contributed by atoms with van der Waals surface area (Å²) in [7, 11) is 2.86. The smallest absolute Gasteiger partial charge is 0.310 e. The van der Waals surface area contributed by atoms with Crippen molar-refractivity contribution in [1.82, 2.24) is 10.3 Å². The zero-order valence-electron chi connectivity index (χ0n) is 32.7. The Morgan fingerprint density at radius 2 is 1.19 bits per heavy atom. The van der Waals surface area contributed by atoms with Gasteiger partial charge >= 0.3 is 11.9 Å². The number of carbonyl (C=O) groups is 3. The lowest BCUT2D eigenvalue weighted by Gasteiger charge is -2.33. The number of carbonyl (C=O) groups excluding carboxylic acids is 3. The summed E-state index contributed by atoms with van der Waals surface area (Å²) < 4.78 is 48.2. The number of esters is 2. The molecule has 7 rings (SSSR count). The van der Waals surface area contributed by atoms with E-state index >= 15 is 0 Å². The molecule has 1 aromatic heterocycles. The van der Waals surface area contributed by atoms with E-state index in [0.717, 1.165) is 80.6 Å². The number of pyridine rings is 1. The summed E-state index contributed by atoms with van der Waals surface area (Å²) in [6.07, 6.45) is 6.88. The van der Waals surface area contributed by atoms with Gasteiger partial charge in [-0.05, 0) is 130 Å². The predicted molar refractivity (Wildman–Crippen MR) is 221 cm³/mol. The van der Waals surface area contributed by atoms with Crippen LogP contribution in [0.1, 0.15) is 38.5 Å². The van der Waals surface area contributed by atoms with Crippen molar-refractivity contribution < 1.29 is 42.1 Å². The summed E-state index contributed by atoms with van der Waals surface area (Å²) in [6, 6.07) is 21.9. The maximum Gasteiger partial charge on any atom is 0.310 e. The van der Waals surface area contributed by atoms with E-state index in [9.17, 15) is 32.7 Å². The fourth-order valence-corrected chi connectivity index (χ4v) is 6.90. The molecular formula is C43H51BrF3N5O6. The second-order valence-corrected chi connectivity index (χ2v) is 14.9. The number of hydrogen-bond donors (Lipinski definition) is 3. The summed E-state index contributed by atoms with van der Waals surface area (Å²) in [6.45, 7) is 4.82. The fraction of sp³-hybridized carbons (Fsp3) is 0.395. The number of nitrogens with zero attached hydrogens (tertiary/aromatic N) is 3. The highest BCUT2D eigenvalue weighted by Gasteiger charge is 2.28. The molecule has 15 heteroatoms. The number of amides is 1. The Labute approximate surface area is 346 Å². The summed E-state index contributed by atoms with van der Waals surface area (Å²) >= 11 is 3.18. The Morgan fingerprint density at radius 1 is 0.707 bits per heavy atom. The Balaban J connectivity index is 0.000000186. The van der Waals surface area contributed by atoms with Gasteiger partial charge < -0.3 is 35.0 Å². The van der Waals surface area contributed by atoms with Crippen molar-refractivity contribution in [3.8, 4) is 5.75 Å². The Hall–Kier alpha value is -5.15. The van der Waals surface area contributed by atoms with Gasteiger partial charge in [0.1, 0.15) is 29.0 Å². The van der Waals surface area contributed by atoms with Crippen molar-refractivity contribution in [2.45, 2.75) is 38.5 Å². The third-order valence-electron chi connectivity index (χ3n) is 9.77. The van der Waals surface area contributed by atoms with Crippen molar-refractivity contribution in [3.63, 3.8) is 0 Å². The number of ether oxygens (including phenoxy) is 2. The predicted octanol–water partition coefficient (Wildman–Crippen LogP) is 7.74. The SMILES string of the molecule is COC(=O)C1CCCN(c2ccc(F)cc2)C1.COC(=O)C1CCCNC1.Fc1ccc(Br)cc1.O=C(Nc1ccc(O)cn1)C1CCCN(c2ccc(F)cc2)C1. The molecule has 0 spiro atoms. The van der Waals surface area contributed by atoms with Crippen LogP contribution in [0.2, 0.25) is 0 Å². The van der Waals surface area contributed by atoms with Crippen LogP contribution in [-0.2, 0) is 23.9 Å². The summed E-state index contributed by atoms with van der Waals surface area (Å²) in [5.74, 6) is -0.669. The minimum Gasteiger partial charge on any atom is -0.506 e. The molecule has 11 nitrogen and oxygen atoms in total. The van der Waals surface area contributed by atoms with E-state index in [4.69, 9.17) is 4.74 Å². The maximum absolute atomic E-state index is 13.0. The minimum absolute atomic E-state index is 0.0585. The van der Waals surface area contributed by atoms with Gasteiger partial charge in [0.2, 0.25) is 5.91 Å². The number of anilines is 3. The number of methoxy groups -OCH3 is 2. The van der Waals surface area contributed by atoms with Crippen molar-refractivity contribution in [2.24, 2.45) is 17.8 Å². The number of benzene rings is 3. The normalized spacial score (nSPS) is 18.7. The Bertz CT molecular complexity index is 1830. The molecule has 3 N–H and O–H groups in total. The van der Waals surface area contributed by atoms with Crippen molar-refractivity contribution in [3.05, 3.63) is 113 Å². The average Bonchev–Trinajstić information content (AvgIpc) is 3.26. The molecular weight excluding hydrogens is 819 g/mol. The summed E-state index contributed by atoms with van der Waals surface area (Å²) in [5.41, 5.74) is 1.88. The third kappa shape index (κ3) is 15.3. The van der Waals surface area contributed by atoms with Gasteiger partial charge in [0.25, 0.3) is 0 Å². The first-order valence-corrected chi connectivity index (χ1v) is 20.0. The van der Waals surface area contributed by atoms with E-state index in [0.29, 0.717) is 18.9 Å². The van der Waals surface area contributed by atoms with E-state index in [-0.39, 0.29) is 58.8 Å². The van der Waals surface area contributed by atoms with Crippen LogP contribution < -0.4 is 20.4 Å². The highest BCUT2D eigenvalue weighted by Crippen LogP contribution is 2.26. The number of rotatable bonds is 6. The van der Waals surface area contributed by atoms with Crippen LogP contribution in [0.15, 0.2) is 95.6 Å². The molecule has 3 aromatic carbocycles. The largest absolute Gasteiger partial charge is 0.506 e. The summed E-state index contributed by atoms with van der Waals surface area (Å²) in [4.78, 5) is 42.9. The molecule has 1 amide bonds. The second-order valence-electron chi connectivity index (χ2n) is 13.9. The van der Waals surface area contributed by atoms with Crippen LogP contribution in [0.5, 0.6) is 5.75 Å². The van der Waals surface area contributed by atoms with Crippen LogP contribution in [0, 0.1) is 35.2 Å². The van der Waals surface area contributed by atoms with Gasteiger partial charge in [-0.15, -0.1) is 0 Å². The van der Waals surface area contributed by atoms with Gasteiger partial charge in [-0.25, -0.2) is 18.2 Å². The zero-order chi connectivity index (χ0) is 41.9. The van der Waals surface area contributed by atoms with Gasteiger partial charge in [-0.1, -0.05) is 15.9 Å². The van der Waals surface area contributed by atoms with Crippen LogP contribution in [0.25, 0.3) is 0 Å². The molecule has 3 aliphatic heterocycles. The highest BCUT2D eigenvalue weighted by atomic mass is 79.9. The van der Waals surface area contributed by atoms with Crippen LogP contribution in [0.3, 0.4) is 0 Å². The minimum atomic E-state index is -0.265. The van der Waals surface area contributed by atoms with Crippen LogP contribution in [-0.4, -0.2) is 81.4 Å². The van der Waals surface area contributed by atoms with Gasteiger partial charge in [0.15, 0.2) is 0 Å². The molecule has 312 valence electrons. The number of piperidine rings is 3. The summed E-state index contributed by atoms with van der Waals surface area (Å²) in [5, 5.41) is 15.1. The highest BCUT2D eigenvalue weighted by molar-refractivity contribution is 9.10. The van der Waals surface area contributed by atoms with E-state index in [1.807, 2.05) is 0 Å². The number of hydrogen-bond acceptors (Lipinski definition) is 10. The molecule has 3 atom stereocenters. The van der Waals surface area contributed by atoms with E-state index in [1.165, 1.54) is 62.9 Å². The molecule has 3 saturated heterocycles. The number of nitrogens with one attached hydrogen (secondary N) is 2. The number of aromatic hydroxyl groups is 1. The van der Waals surface area contributed by atoms with E-state index < -0.39 is 0 Å². The first-order valence-electron chi connectivity index (χ1n) is 19.2. The van der Waals surface area contributed by atoms with Gasteiger partial charge in [0.05, 0.1) is 38.2 Å². The first-order chi connectivity index (χ1) is 27.9. The molecule has 0 aliphatic carbocycles. The first kappa shape index (κ1) is 45.6. The molecule has 0 bridgehead atoms. The number of halogens is 4. The van der Waals surface area contributed by atoms with E-state index in [2.05, 4.69) is 46.1 Å². The van der Waals surface area contributed by atoms with Crippen molar-refractivity contribution >= 4 is 51.0 Å². The van der Waals surface area contributed by atoms with Crippen molar-refractivity contribution in [2.75, 3.05) is 68.6 Å². The van der Waals surface area contributed by atoms with Crippen molar-refractivity contribution in [1.29, 1.82) is 0 Å². The molecule has 0 saturated carbocycles. The van der Waals surface area contributed by atoms with Crippen LogP contribution >= 0.6 is 15.9 Å². The molecule has 4 aromatic rings. The second kappa shape index (κ2) is 23.9. The zero-order valence-corrected chi connectivity index (χ0v) is 34.3. The fourth-order valence-electron chi connectivity index (χ4n) is 6.64. The lowest BCUT2D eigenvalue weighted by atomic mass is 9.96. The number of aromatic nitrogens is 1. The standard InChI is InChI=1S/C17H18FN3O2.C13H16FNO2.C7H13NO2.C6H4BrF/c18-13-3-5-14(6-4-13)21-9-1-2-12(11-21)17(23)20-16-8-7-15(22)10-19-16;1-17-13(16)10-3-2-8-15(9-10)12-6-4-11(14)5-7-12;1-10-7(9)6-3-2-4-8-5-6;7-5-1-3-6(8)4-2-5/h3-8,10,12,22H,1-2,9,11H2,(H,19,20,23);4-7,10H,2-3,8-9H2,1H3;6,8H,2-5H2,1H3;1-4H. The Kier molecular flexibility index (Phi) is 18.8. The molecule has 4 heterocycles. The lowest BCUT2D eigenvalue weighted by molar-refractivity contribution is -0.146. The third-order valence-corrected chi connectivity index (χ3v) is 10.3. The van der Waals surface area contributed by atoms with Gasteiger partial charge in [-0.3, -0.25) is 14.4 Å². The monoisotopic (exact) mass is 869 g/mol. The molecule has 3 unspecified atom stereocenters. The van der Waals surface area contributed by atoms with Gasteiger partial charge in [-0.2, -0.15) is 0 Å². The molecule has 58 heavy (non-hydrogen) atoms. The molecule has 3 fully saturated rings. The van der Waals surface area contributed by atoms with E-state index in [1.54, 1.807) is 42.5 Å². The molecule has 0 radical (unpaired) electrons. The quantitative estimate of drug-likeness (QED) is 0.165. The molecule has 3 aliphatic rings. The average molecular weight is 871 g/mol. The lowest BCUT2D eigenvalue weighted by Crippen LogP contribution is -2.40. The van der Waals surface area contributed by atoms with Gasteiger partial charge in [0, 0.05) is 48.6 Å². The Morgan fingerprint density at radius 3 is 1.66 bits per heavy atom. The van der Waals surface area contributed by atoms with Crippen LogP contribution in [0.4, 0.5) is 30.4 Å². The topological polar surface area (TPSA) is 133 Å².